The van der Waals surface area contributed by atoms with E-state index in [9.17, 15) is 9.59 Å². The highest BCUT2D eigenvalue weighted by atomic mass is 16.5. The molecule has 0 aliphatic heterocycles. The molecule has 0 radical (unpaired) electrons. The van der Waals surface area contributed by atoms with Crippen LogP contribution in [0.4, 0.5) is 0 Å². The lowest BCUT2D eigenvalue weighted by Gasteiger charge is -2.04. The second kappa shape index (κ2) is 6.32. The van der Waals surface area contributed by atoms with Gasteiger partial charge in [0, 0.05) is 0 Å². The Kier molecular flexibility index (Phi) is 4.75. The summed E-state index contributed by atoms with van der Waals surface area (Å²) >= 11 is 0. The van der Waals surface area contributed by atoms with Crippen molar-refractivity contribution in [3.63, 3.8) is 0 Å². The third-order valence-corrected chi connectivity index (χ3v) is 1.78. The number of rotatable bonds is 6. The van der Waals surface area contributed by atoms with Gasteiger partial charge in [-0.05, 0) is 24.3 Å². The van der Waals surface area contributed by atoms with E-state index in [1.54, 1.807) is 0 Å². The minimum absolute atomic E-state index is 0.149. The van der Waals surface area contributed by atoms with Crippen molar-refractivity contribution in [3.05, 3.63) is 42.5 Å². The molecule has 1 aromatic carbocycles. The number of hydrogen-bond acceptors (Lipinski definition) is 4. The Bertz CT molecular complexity index is 407. The van der Waals surface area contributed by atoms with Crippen LogP contribution >= 0.6 is 0 Å². The number of carbonyl (C=O) groups excluding carboxylic acids is 1. The van der Waals surface area contributed by atoms with Crippen LogP contribution in [0.5, 0.6) is 5.75 Å². The fourth-order valence-corrected chi connectivity index (χ4v) is 1.05. The van der Waals surface area contributed by atoms with E-state index in [1.165, 1.54) is 30.3 Å². The van der Waals surface area contributed by atoms with Crippen LogP contribution in [0.25, 0.3) is 0 Å². The first-order chi connectivity index (χ1) is 8.13. The molecular formula is C12H12O5. The Morgan fingerprint density at radius 3 is 2.47 bits per heavy atom. The van der Waals surface area contributed by atoms with Crippen LogP contribution in [-0.2, 0) is 9.53 Å². The molecule has 0 amide bonds. The maximum Gasteiger partial charge on any atom is 0.341 e. The number of carboxylic acids is 1. The van der Waals surface area contributed by atoms with E-state index in [0.29, 0.717) is 11.3 Å². The largest absolute Gasteiger partial charge is 0.482 e. The lowest BCUT2D eigenvalue weighted by molar-refractivity contribution is -0.139. The van der Waals surface area contributed by atoms with Gasteiger partial charge >= 0.3 is 11.9 Å². The molecule has 1 N–H and O–H groups in total. The van der Waals surface area contributed by atoms with Crippen LogP contribution in [0.1, 0.15) is 10.4 Å². The maximum atomic E-state index is 11.4. The Balaban J connectivity index is 2.57. The van der Waals surface area contributed by atoms with Gasteiger partial charge in [0.1, 0.15) is 12.4 Å². The van der Waals surface area contributed by atoms with E-state index < -0.39 is 18.5 Å². The maximum absolute atomic E-state index is 11.4. The number of esters is 1. The van der Waals surface area contributed by atoms with Gasteiger partial charge in [-0.25, -0.2) is 9.59 Å². The molecule has 1 aromatic rings. The third-order valence-electron chi connectivity index (χ3n) is 1.78. The molecule has 5 nitrogen and oxygen atoms in total. The molecule has 90 valence electrons. The molecule has 0 aliphatic carbocycles. The SMILES string of the molecule is C=CCOC(=O)c1ccc(OCC(=O)O)cc1. The Labute approximate surface area is 98.3 Å². The molecule has 0 unspecified atom stereocenters. The fourth-order valence-electron chi connectivity index (χ4n) is 1.05. The number of ether oxygens (including phenoxy) is 2. The second-order valence-corrected chi connectivity index (χ2v) is 3.09. The van der Waals surface area contributed by atoms with Crippen molar-refractivity contribution in [2.75, 3.05) is 13.2 Å². The number of aliphatic carboxylic acids is 1. The van der Waals surface area contributed by atoms with E-state index in [0.717, 1.165) is 0 Å². The highest BCUT2D eigenvalue weighted by molar-refractivity contribution is 5.89. The van der Waals surface area contributed by atoms with Crippen LogP contribution in [-0.4, -0.2) is 30.3 Å². The number of hydrogen-bond donors (Lipinski definition) is 1. The van der Waals surface area contributed by atoms with Crippen molar-refractivity contribution in [1.29, 1.82) is 0 Å². The van der Waals surface area contributed by atoms with Crippen molar-refractivity contribution in [3.8, 4) is 5.75 Å². The molecule has 0 aliphatic rings. The molecule has 1 rings (SSSR count). The van der Waals surface area contributed by atoms with Gasteiger partial charge in [-0.2, -0.15) is 0 Å². The molecule has 0 aromatic heterocycles. The molecule has 0 bridgehead atoms. The lowest BCUT2D eigenvalue weighted by atomic mass is 10.2. The normalized spacial score (nSPS) is 9.41. The first-order valence-corrected chi connectivity index (χ1v) is 4.86. The molecule has 5 heteroatoms. The summed E-state index contributed by atoms with van der Waals surface area (Å²) in [5.74, 6) is -1.14. The number of benzene rings is 1. The Hall–Kier alpha value is -2.30. The van der Waals surface area contributed by atoms with Crippen molar-refractivity contribution in [1.82, 2.24) is 0 Å². The zero-order chi connectivity index (χ0) is 12.7. The van der Waals surface area contributed by atoms with E-state index in [2.05, 4.69) is 6.58 Å². The molecule has 17 heavy (non-hydrogen) atoms. The summed E-state index contributed by atoms with van der Waals surface area (Å²) in [6, 6.07) is 6.02. The molecule has 0 saturated heterocycles. The van der Waals surface area contributed by atoms with E-state index in [4.69, 9.17) is 14.6 Å². The standard InChI is InChI=1S/C12H12O5/c1-2-7-16-12(15)9-3-5-10(6-4-9)17-8-11(13)14/h2-6H,1,7-8H2,(H,13,14). The number of carbonyl (C=O) groups is 2. The summed E-state index contributed by atoms with van der Waals surface area (Å²) in [4.78, 5) is 21.6. The van der Waals surface area contributed by atoms with Gasteiger partial charge in [-0.3, -0.25) is 0 Å². The average Bonchev–Trinajstić information content (AvgIpc) is 2.34. The van der Waals surface area contributed by atoms with E-state index >= 15 is 0 Å². The van der Waals surface area contributed by atoms with E-state index in [-0.39, 0.29) is 6.61 Å². The van der Waals surface area contributed by atoms with Crippen molar-refractivity contribution in [2.45, 2.75) is 0 Å². The van der Waals surface area contributed by atoms with Crippen LogP contribution in [0.2, 0.25) is 0 Å². The van der Waals surface area contributed by atoms with Gasteiger partial charge in [0.15, 0.2) is 6.61 Å². The smallest absolute Gasteiger partial charge is 0.341 e. The first kappa shape index (κ1) is 12.8. The zero-order valence-corrected chi connectivity index (χ0v) is 9.09. The predicted molar refractivity (Wildman–Crippen MR) is 60.1 cm³/mol. The van der Waals surface area contributed by atoms with Crippen LogP contribution < -0.4 is 4.74 Å². The lowest BCUT2D eigenvalue weighted by Crippen LogP contribution is -2.09. The molecular weight excluding hydrogens is 224 g/mol. The minimum atomic E-state index is -1.06. The third kappa shape index (κ3) is 4.38. The van der Waals surface area contributed by atoms with Gasteiger partial charge in [0.05, 0.1) is 5.56 Å². The quantitative estimate of drug-likeness (QED) is 0.598. The van der Waals surface area contributed by atoms with Crippen molar-refractivity contribution in [2.24, 2.45) is 0 Å². The first-order valence-electron chi connectivity index (χ1n) is 4.86. The number of carboxylic acid groups (broad SMARTS) is 1. The zero-order valence-electron chi connectivity index (χ0n) is 9.09. The molecule has 0 saturated carbocycles. The van der Waals surface area contributed by atoms with Crippen LogP contribution in [0.15, 0.2) is 36.9 Å². The van der Waals surface area contributed by atoms with Gasteiger partial charge in [-0.1, -0.05) is 12.7 Å². The van der Waals surface area contributed by atoms with Gasteiger partial charge in [0.25, 0.3) is 0 Å². The average molecular weight is 236 g/mol. The molecule has 0 fully saturated rings. The second-order valence-electron chi connectivity index (χ2n) is 3.09. The summed E-state index contributed by atoms with van der Waals surface area (Å²) < 4.78 is 9.74. The fraction of sp³-hybridized carbons (Fsp3) is 0.167. The van der Waals surface area contributed by atoms with Gasteiger partial charge in [-0.15, -0.1) is 0 Å². The molecule has 0 spiro atoms. The van der Waals surface area contributed by atoms with Crippen LogP contribution in [0.3, 0.4) is 0 Å². The molecule has 0 atom stereocenters. The predicted octanol–water partition coefficient (Wildman–Crippen LogP) is 1.49. The van der Waals surface area contributed by atoms with Crippen molar-refractivity contribution >= 4 is 11.9 Å². The summed E-state index contributed by atoms with van der Waals surface area (Å²) in [6.45, 7) is 3.16. The Morgan fingerprint density at radius 1 is 1.29 bits per heavy atom. The summed E-state index contributed by atoms with van der Waals surface area (Å²) in [5, 5.41) is 8.41. The monoisotopic (exact) mass is 236 g/mol. The van der Waals surface area contributed by atoms with Gasteiger partial charge < -0.3 is 14.6 Å². The highest BCUT2D eigenvalue weighted by Crippen LogP contribution is 2.12. The van der Waals surface area contributed by atoms with Gasteiger partial charge in [0.2, 0.25) is 0 Å². The topological polar surface area (TPSA) is 72.8 Å². The Morgan fingerprint density at radius 2 is 1.94 bits per heavy atom. The van der Waals surface area contributed by atoms with Crippen LogP contribution in [0, 0.1) is 0 Å². The van der Waals surface area contributed by atoms with Crippen molar-refractivity contribution < 1.29 is 24.2 Å². The minimum Gasteiger partial charge on any atom is -0.482 e. The summed E-state index contributed by atoms with van der Waals surface area (Å²) in [5.41, 5.74) is 0.370. The molecule has 0 heterocycles. The summed E-state index contributed by atoms with van der Waals surface area (Å²) in [6.07, 6.45) is 1.47. The highest BCUT2D eigenvalue weighted by Gasteiger charge is 2.06. The van der Waals surface area contributed by atoms with E-state index in [1.807, 2.05) is 0 Å². The summed E-state index contributed by atoms with van der Waals surface area (Å²) in [7, 11) is 0.